The first kappa shape index (κ1) is 15.1. The molecule has 21 heavy (non-hydrogen) atoms. The third kappa shape index (κ3) is 4.09. The molecule has 7 heteroatoms. The number of methoxy groups -OCH3 is 1. The molecule has 2 aromatic rings. The van der Waals surface area contributed by atoms with E-state index in [2.05, 4.69) is 19.4 Å². The number of ether oxygens (including phenoxy) is 1. The molecule has 1 N–H and O–H groups in total. The van der Waals surface area contributed by atoms with Crippen molar-refractivity contribution >= 4 is 23.4 Å². The van der Waals surface area contributed by atoms with Gasteiger partial charge in [0.2, 0.25) is 0 Å². The maximum Gasteiger partial charge on any atom is 0.307 e. The minimum atomic E-state index is -0.477. The van der Waals surface area contributed by atoms with Crippen LogP contribution in [0, 0.1) is 6.92 Å². The summed E-state index contributed by atoms with van der Waals surface area (Å²) >= 11 is 1.26. The van der Waals surface area contributed by atoms with Crippen molar-refractivity contribution in [2.24, 2.45) is 0 Å². The van der Waals surface area contributed by atoms with Gasteiger partial charge in [0.15, 0.2) is 0 Å². The zero-order valence-corrected chi connectivity index (χ0v) is 12.5. The molecule has 0 aliphatic rings. The fourth-order valence-corrected chi connectivity index (χ4v) is 2.35. The SMILES string of the molecule is COC(=O)CC(NC(=O)c1cc(C)sn1)c1ccncc1. The Balaban J connectivity index is 2.16. The Bertz CT molecular complexity index is 627. The number of amides is 1. The van der Waals surface area contributed by atoms with Crippen molar-refractivity contribution in [3.8, 4) is 0 Å². The van der Waals surface area contributed by atoms with Gasteiger partial charge in [0.05, 0.1) is 19.6 Å². The molecule has 1 amide bonds. The molecule has 110 valence electrons. The zero-order valence-electron chi connectivity index (χ0n) is 11.7. The quantitative estimate of drug-likeness (QED) is 0.853. The third-order valence-electron chi connectivity index (χ3n) is 2.87. The average molecular weight is 305 g/mol. The van der Waals surface area contributed by atoms with Crippen LogP contribution < -0.4 is 5.32 Å². The molecule has 6 nitrogen and oxygen atoms in total. The Hall–Kier alpha value is -2.28. The Labute approximate surface area is 126 Å². The molecule has 0 saturated carbocycles. The van der Waals surface area contributed by atoms with Gasteiger partial charge in [0, 0.05) is 17.3 Å². The summed E-state index contributed by atoms with van der Waals surface area (Å²) in [4.78, 5) is 28.6. The first-order valence-electron chi connectivity index (χ1n) is 6.31. The molecule has 0 fully saturated rings. The predicted molar refractivity (Wildman–Crippen MR) is 77.9 cm³/mol. The fourth-order valence-electron chi connectivity index (χ4n) is 1.80. The third-order valence-corrected chi connectivity index (χ3v) is 3.57. The lowest BCUT2D eigenvalue weighted by atomic mass is 10.1. The summed E-state index contributed by atoms with van der Waals surface area (Å²) < 4.78 is 8.74. The van der Waals surface area contributed by atoms with Gasteiger partial charge < -0.3 is 10.1 Å². The molecule has 0 aliphatic heterocycles. The number of carbonyl (C=O) groups is 2. The van der Waals surface area contributed by atoms with Crippen LogP contribution in [0.2, 0.25) is 0 Å². The van der Waals surface area contributed by atoms with Crippen LogP contribution in [0.3, 0.4) is 0 Å². The van der Waals surface area contributed by atoms with E-state index >= 15 is 0 Å². The highest BCUT2D eigenvalue weighted by Crippen LogP contribution is 2.18. The molecule has 1 atom stereocenters. The van der Waals surface area contributed by atoms with E-state index in [9.17, 15) is 9.59 Å². The topological polar surface area (TPSA) is 81.2 Å². The van der Waals surface area contributed by atoms with Crippen molar-refractivity contribution in [1.82, 2.24) is 14.7 Å². The summed E-state index contributed by atoms with van der Waals surface area (Å²) in [6.45, 7) is 1.88. The van der Waals surface area contributed by atoms with Gasteiger partial charge in [-0.2, -0.15) is 4.37 Å². The molecule has 2 heterocycles. The molecular weight excluding hydrogens is 290 g/mol. The van der Waals surface area contributed by atoms with Gasteiger partial charge >= 0.3 is 5.97 Å². The fraction of sp³-hybridized carbons (Fsp3) is 0.286. The summed E-state index contributed by atoms with van der Waals surface area (Å²) in [6, 6.07) is 4.73. The number of hydrogen-bond donors (Lipinski definition) is 1. The maximum atomic E-state index is 12.2. The largest absolute Gasteiger partial charge is 0.469 e. The second-order valence-corrected chi connectivity index (χ2v) is 5.42. The van der Waals surface area contributed by atoms with E-state index in [1.807, 2.05) is 6.92 Å². The lowest BCUT2D eigenvalue weighted by Crippen LogP contribution is -2.30. The highest BCUT2D eigenvalue weighted by Gasteiger charge is 2.20. The van der Waals surface area contributed by atoms with Crippen LogP contribution in [0.25, 0.3) is 0 Å². The lowest BCUT2D eigenvalue weighted by Gasteiger charge is -2.17. The molecule has 0 bridgehead atoms. The molecule has 2 aromatic heterocycles. The van der Waals surface area contributed by atoms with Crippen molar-refractivity contribution in [2.45, 2.75) is 19.4 Å². The zero-order chi connectivity index (χ0) is 15.2. The molecule has 1 unspecified atom stereocenters. The highest BCUT2D eigenvalue weighted by atomic mass is 32.1. The van der Waals surface area contributed by atoms with Crippen molar-refractivity contribution in [3.63, 3.8) is 0 Å². The molecule has 0 aromatic carbocycles. The van der Waals surface area contributed by atoms with Crippen LogP contribution in [-0.4, -0.2) is 28.3 Å². The summed E-state index contributed by atoms with van der Waals surface area (Å²) in [7, 11) is 1.32. The van der Waals surface area contributed by atoms with Crippen LogP contribution in [0.15, 0.2) is 30.6 Å². The van der Waals surface area contributed by atoms with Crippen molar-refractivity contribution in [2.75, 3.05) is 7.11 Å². The smallest absolute Gasteiger partial charge is 0.307 e. The molecule has 0 saturated heterocycles. The van der Waals surface area contributed by atoms with E-state index < -0.39 is 12.0 Å². The number of nitrogens with zero attached hydrogens (tertiary/aromatic N) is 2. The Kier molecular flexibility index (Phi) is 4.99. The van der Waals surface area contributed by atoms with E-state index in [1.54, 1.807) is 30.6 Å². The lowest BCUT2D eigenvalue weighted by molar-refractivity contribution is -0.141. The van der Waals surface area contributed by atoms with E-state index in [0.29, 0.717) is 5.69 Å². The first-order valence-corrected chi connectivity index (χ1v) is 7.08. The average Bonchev–Trinajstić information content (AvgIpc) is 2.94. The van der Waals surface area contributed by atoms with Crippen molar-refractivity contribution < 1.29 is 14.3 Å². The summed E-state index contributed by atoms with van der Waals surface area (Å²) in [6.07, 6.45) is 3.27. The van der Waals surface area contributed by atoms with Crippen LogP contribution >= 0.6 is 11.5 Å². The summed E-state index contributed by atoms with van der Waals surface area (Å²) in [5.74, 6) is -0.711. The second-order valence-electron chi connectivity index (χ2n) is 4.41. The normalized spacial score (nSPS) is 11.7. The van der Waals surface area contributed by atoms with Gasteiger partial charge in [0.1, 0.15) is 5.69 Å². The van der Waals surface area contributed by atoms with Crippen molar-refractivity contribution in [3.05, 3.63) is 46.7 Å². The second kappa shape index (κ2) is 6.94. The minimum Gasteiger partial charge on any atom is -0.469 e. The van der Waals surface area contributed by atoms with Gasteiger partial charge in [-0.1, -0.05) is 0 Å². The minimum absolute atomic E-state index is 0.0510. The maximum absolute atomic E-state index is 12.2. The first-order chi connectivity index (χ1) is 10.1. The number of hydrogen-bond acceptors (Lipinski definition) is 6. The number of rotatable bonds is 5. The Morgan fingerprint density at radius 3 is 2.67 bits per heavy atom. The van der Waals surface area contributed by atoms with Crippen LogP contribution in [0.5, 0.6) is 0 Å². The highest BCUT2D eigenvalue weighted by molar-refractivity contribution is 7.05. The van der Waals surface area contributed by atoms with E-state index in [1.165, 1.54) is 18.6 Å². The van der Waals surface area contributed by atoms with E-state index in [0.717, 1.165) is 10.4 Å². The summed E-state index contributed by atoms with van der Waals surface area (Å²) in [5, 5.41) is 2.80. The number of pyridine rings is 1. The molecule has 0 aliphatic carbocycles. The summed E-state index contributed by atoms with van der Waals surface area (Å²) in [5.41, 5.74) is 1.14. The number of aromatic nitrogens is 2. The number of esters is 1. The molecular formula is C14H15N3O3S. The Morgan fingerprint density at radius 2 is 2.10 bits per heavy atom. The van der Waals surface area contributed by atoms with Crippen LogP contribution in [0.4, 0.5) is 0 Å². The molecule has 2 rings (SSSR count). The Morgan fingerprint density at radius 1 is 1.38 bits per heavy atom. The standard InChI is InChI=1S/C14H15N3O3S/c1-9-7-12(17-21-9)14(19)16-11(8-13(18)20-2)10-3-5-15-6-4-10/h3-7,11H,8H2,1-2H3,(H,16,19). The van der Waals surface area contributed by atoms with Gasteiger partial charge in [-0.3, -0.25) is 14.6 Å². The van der Waals surface area contributed by atoms with E-state index in [4.69, 9.17) is 0 Å². The van der Waals surface area contributed by atoms with Gasteiger partial charge in [-0.15, -0.1) is 0 Å². The van der Waals surface area contributed by atoms with Crippen LogP contribution in [0.1, 0.15) is 33.4 Å². The number of aryl methyl sites for hydroxylation is 1. The van der Waals surface area contributed by atoms with Gasteiger partial charge in [0.25, 0.3) is 5.91 Å². The van der Waals surface area contributed by atoms with Gasteiger partial charge in [-0.25, -0.2) is 0 Å². The number of carbonyl (C=O) groups excluding carboxylic acids is 2. The van der Waals surface area contributed by atoms with Gasteiger partial charge in [-0.05, 0) is 42.2 Å². The van der Waals surface area contributed by atoms with Crippen LogP contribution in [-0.2, 0) is 9.53 Å². The molecule has 0 radical (unpaired) electrons. The van der Waals surface area contributed by atoms with Crippen molar-refractivity contribution in [1.29, 1.82) is 0 Å². The van der Waals surface area contributed by atoms with E-state index in [-0.39, 0.29) is 12.3 Å². The monoisotopic (exact) mass is 305 g/mol. The predicted octanol–water partition coefficient (Wildman–Crippen LogP) is 1.88. The molecule has 0 spiro atoms. The number of nitrogens with one attached hydrogen (secondary N) is 1.